The highest BCUT2D eigenvalue weighted by molar-refractivity contribution is 7.89. The number of anilines is 1. The lowest BCUT2D eigenvalue weighted by molar-refractivity contribution is -0.118. The molecule has 3 N–H and O–H groups in total. The number of hydrogen-bond donors (Lipinski definition) is 2. The fourth-order valence-corrected chi connectivity index (χ4v) is 2.39. The average molecular weight is 263 g/mol. The first-order valence-electron chi connectivity index (χ1n) is 4.17. The molecule has 16 heavy (non-hydrogen) atoms. The maximum atomic E-state index is 11.2. The van der Waals surface area contributed by atoms with Crippen LogP contribution < -0.4 is 15.2 Å². The minimum absolute atomic E-state index is 0.0629. The van der Waals surface area contributed by atoms with Crippen LogP contribution in [-0.4, -0.2) is 20.9 Å². The number of carbonyl (C=O) groups excluding carboxylic acids is 1. The number of carbonyl (C=O) groups is 1. The van der Waals surface area contributed by atoms with E-state index in [4.69, 9.17) is 21.5 Å². The van der Waals surface area contributed by atoms with Crippen molar-refractivity contribution in [3.05, 3.63) is 17.2 Å². The van der Waals surface area contributed by atoms with Crippen LogP contribution in [0.3, 0.4) is 0 Å². The van der Waals surface area contributed by atoms with Gasteiger partial charge in [0.05, 0.1) is 10.7 Å². The number of benzene rings is 1. The Balaban J connectivity index is 2.59. The van der Waals surface area contributed by atoms with Crippen LogP contribution in [0.2, 0.25) is 5.02 Å². The van der Waals surface area contributed by atoms with Crippen LogP contribution in [0.1, 0.15) is 0 Å². The van der Waals surface area contributed by atoms with E-state index in [1.165, 1.54) is 12.1 Å². The zero-order valence-corrected chi connectivity index (χ0v) is 9.43. The molecule has 0 radical (unpaired) electrons. The first-order valence-corrected chi connectivity index (χ1v) is 6.09. The molecule has 0 aliphatic carbocycles. The van der Waals surface area contributed by atoms with Gasteiger partial charge >= 0.3 is 0 Å². The summed E-state index contributed by atoms with van der Waals surface area (Å²) in [4.78, 5) is 10.8. The molecule has 1 heterocycles. The molecule has 2 rings (SSSR count). The Kier molecular flexibility index (Phi) is 2.53. The van der Waals surface area contributed by atoms with Gasteiger partial charge in [-0.05, 0) is 6.07 Å². The van der Waals surface area contributed by atoms with Crippen molar-refractivity contribution in [3.63, 3.8) is 0 Å². The lowest BCUT2D eigenvalue weighted by atomic mass is 10.2. The highest BCUT2D eigenvalue weighted by Crippen LogP contribution is 2.34. The smallest absolute Gasteiger partial charge is 0.262 e. The third-order valence-electron chi connectivity index (χ3n) is 1.97. The molecular formula is C8H7ClN2O4S. The Hall–Kier alpha value is -1.31. The summed E-state index contributed by atoms with van der Waals surface area (Å²) in [6.07, 6.45) is 0. The first kappa shape index (κ1) is 11.2. The molecular weight excluding hydrogens is 256 g/mol. The van der Waals surface area contributed by atoms with Gasteiger partial charge in [-0.3, -0.25) is 4.79 Å². The van der Waals surface area contributed by atoms with Crippen molar-refractivity contribution >= 4 is 33.2 Å². The van der Waals surface area contributed by atoms with Crippen molar-refractivity contribution in [2.45, 2.75) is 4.90 Å². The summed E-state index contributed by atoms with van der Waals surface area (Å²) in [5.74, 6) is -0.0973. The van der Waals surface area contributed by atoms with Crippen molar-refractivity contribution in [1.29, 1.82) is 0 Å². The van der Waals surface area contributed by atoms with Gasteiger partial charge in [0.15, 0.2) is 6.61 Å². The summed E-state index contributed by atoms with van der Waals surface area (Å²) >= 11 is 5.73. The van der Waals surface area contributed by atoms with Crippen molar-refractivity contribution < 1.29 is 17.9 Å². The summed E-state index contributed by atoms with van der Waals surface area (Å²) in [6, 6.07) is 2.47. The lowest BCUT2D eigenvalue weighted by Crippen LogP contribution is -2.25. The standard InChI is InChI=1S/C8H7ClN2O4S/c9-4-1-5-6(15-3-8(12)11-5)2-7(4)16(10,13)14/h1-2H,3H2,(H,11,12)(H2,10,13,14). The lowest BCUT2D eigenvalue weighted by Gasteiger charge is -2.18. The number of amides is 1. The van der Waals surface area contributed by atoms with Crippen molar-refractivity contribution in [2.75, 3.05) is 11.9 Å². The minimum Gasteiger partial charge on any atom is -0.482 e. The number of fused-ring (bicyclic) bond motifs is 1. The molecule has 1 aliphatic rings. The molecule has 0 saturated carbocycles. The number of ether oxygens (including phenoxy) is 1. The maximum Gasteiger partial charge on any atom is 0.262 e. The molecule has 1 amide bonds. The number of primary sulfonamides is 1. The maximum absolute atomic E-state index is 11.2. The molecule has 0 saturated heterocycles. The number of rotatable bonds is 1. The Labute approximate surface area is 96.4 Å². The number of nitrogens with two attached hydrogens (primary N) is 1. The third kappa shape index (κ3) is 1.97. The van der Waals surface area contributed by atoms with Crippen molar-refractivity contribution in [3.8, 4) is 5.75 Å². The second-order valence-corrected chi connectivity index (χ2v) is 5.10. The summed E-state index contributed by atoms with van der Waals surface area (Å²) in [6.45, 7) is -0.168. The van der Waals surface area contributed by atoms with E-state index in [9.17, 15) is 13.2 Å². The first-order chi connectivity index (χ1) is 7.38. The van der Waals surface area contributed by atoms with Crippen LogP contribution >= 0.6 is 11.6 Å². The van der Waals surface area contributed by atoms with Gasteiger partial charge in [0, 0.05) is 6.07 Å². The van der Waals surface area contributed by atoms with E-state index in [1.54, 1.807) is 0 Å². The molecule has 6 nitrogen and oxygen atoms in total. The normalized spacial score (nSPS) is 15.0. The number of nitrogens with one attached hydrogen (secondary N) is 1. The van der Waals surface area contributed by atoms with Gasteiger partial charge in [0.2, 0.25) is 10.0 Å². The minimum atomic E-state index is -3.91. The molecule has 1 aliphatic heterocycles. The topological polar surface area (TPSA) is 98.5 Å². The molecule has 8 heteroatoms. The van der Waals surface area contributed by atoms with Crippen molar-refractivity contribution in [2.24, 2.45) is 5.14 Å². The monoisotopic (exact) mass is 262 g/mol. The van der Waals surface area contributed by atoms with Crippen LogP contribution in [0, 0.1) is 0 Å². The van der Waals surface area contributed by atoms with Crippen molar-refractivity contribution in [1.82, 2.24) is 0 Å². The molecule has 0 unspecified atom stereocenters. The second-order valence-electron chi connectivity index (χ2n) is 3.16. The Morgan fingerprint density at radius 3 is 2.75 bits per heavy atom. The number of hydrogen-bond acceptors (Lipinski definition) is 4. The molecule has 1 aromatic rings. The van der Waals surface area contributed by atoms with Gasteiger partial charge in [-0.2, -0.15) is 0 Å². The van der Waals surface area contributed by atoms with Gasteiger partial charge in [-0.1, -0.05) is 11.6 Å². The summed E-state index contributed by atoms with van der Waals surface area (Å²) in [7, 11) is -3.91. The zero-order valence-electron chi connectivity index (χ0n) is 7.86. The Bertz CT molecular complexity index is 570. The van der Waals surface area contributed by atoms with Gasteiger partial charge in [-0.15, -0.1) is 0 Å². The SMILES string of the molecule is NS(=O)(=O)c1cc2c(cc1Cl)NC(=O)CO2. The number of sulfonamides is 1. The fraction of sp³-hybridized carbons (Fsp3) is 0.125. The largest absolute Gasteiger partial charge is 0.482 e. The highest BCUT2D eigenvalue weighted by Gasteiger charge is 2.22. The quantitative estimate of drug-likeness (QED) is 0.761. The molecule has 0 bridgehead atoms. The highest BCUT2D eigenvalue weighted by atomic mass is 35.5. The van der Waals surface area contributed by atoms with Crippen LogP contribution in [0.15, 0.2) is 17.0 Å². The van der Waals surface area contributed by atoms with E-state index in [-0.39, 0.29) is 28.2 Å². The Morgan fingerprint density at radius 2 is 2.12 bits per heavy atom. The van der Waals surface area contributed by atoms with E-state index in [0.717, 1.165) is 0 Å². The predicted molar refractivity (Wildman–Crippen MR) is 56.9 cm³/mol. The average Bonchev–Trinajstić information content (AvgIpc) is 2.14. The molecule has 0 atom stereocenters. The van der Waals surface area contributed by atoms with Gasteiger partial charge in [0.25, 0.3) is 5.91 Å². The van der Waals surface area contributed by atoms with E-state index in [1.807, 2.05) is 0 Å². The predicted octanol–water partition coefficient (Wildman–Crippen LogP) is 0.318. The molecule has 1 aromatic carbocycles. The molecule has 0 aromatic heterocycles. The fourth-order valence-electron chi connectivity index (χ4n) is 1.30. The summed E-state index contributed by atoms with van der Waals surface area (Å²) in [5, 5.41) is 7.40. The van der Waals surface area contributed by atoms with E-state index in [2.05, 4.69) is 5.32 Å². The van der Waals surface area contributed by atoms with Crippen LogP contribution in [0.4, 0.5) is 5.69 Å². The van der Waals surface area contributed by atoms with Gasteiger partial charge < -0.3 is 10.1 Å². The second kappa shape index (κ2) is 3.62. The Morgan fingerprint density at radius 1 is 1.44 bits per heavy atom. The molecule has 0 spiro atoms. The number of halogens is 1. The van der Waals surface area contributed by atoms with Crippen LogP contribution in [-0.2, 0) is 14.8 Å². The van der Waals surface area contributed by atoms with Gasteiger partial charge in [0.1, 0.15) is 10.6 Å². The van der Waals surface area contributed by atoms with E-state index < -0.39 is 10.0 Å². The third-order valence-corrected chi connectivity index (χ3v) is 3.35. The van der Waals surface area contributed by atoms with Crippen LogP contribution in [0.25, 0.3) is 0 Å². The molecule has 86 valence electrons. The van der Waals surface area contributed by atoms with Gasteiger partial charge in [-0.25, -0.2) is 13.6 Å². The zero-order chi connectivity index (χ0) is 11.9. The van der Waals surface area contributed by atoms with E-state index in [0.29, 0.717) is 5.69 Å². The van der Waals surface area contributed by atoms with E-state index >= 15 is 0 Å². The van der Waals surface area contributed by atoms with Crippen LogP contribution in [0.5, 0.6) is 5.75 Å². The summed E-state index contributed by atoms with van der Waals surface area (Å²) < 4.78 is 27.3. The summed E-state index contributed by atoms with van der Waals surface area (Å²) in [5.41, 5.74) is 0.327. The molecule has 0 fully saturated rings.